The number of hydrogen-bond donors (Lipinski definition) is 1. The summed E-state index contributed by atoms with van der Waals surface area (Å²) >= 11 is 1.61. The summed E-state index contributed by atoms with van der Waals surface area (Å²) in [6, 6.07) is 24.3. The van der Waals surface area contributed by atoms with E-state index in [1.54, 1.807) is 60.2 Å². The third kappa shape index (κ3) is 5.00. The largest absolute Gasteiger partial charge is 0.497 e. The molecule has 0 spiro atoms. The number of rotatable bonds is 7. The minimum Gasteiger partial charge on any atom is -0.497 e. The summed E-state index contributed by atoms with van der Waals surface area (Å²) in [6.07, 6.45) is 0. The molecule has 0 aromatic heterocycles. The van der Waals surface area contributed by atoms with Gasteiger partial charge in [-0.1, -0.05) is 30.3 Å². The fourth-order valence-electron chi connectivity index (χ4n) is 3.29. The van der Waals surface area contributed by atoms with Crippen LogP contribution in [-0.2, 0) is 9.59 Å². The normalized spacial score (nSPS) is 15.6. The van der Waals surface area contributed by atoms with E-state index < -0.39 is 0 Å². The maximum Gasteiger partial charge on any atom is 0.262 e. The summed E-state index contributed by atoms with van der Waals surface area (Å²) in [7, 11) is 1.59. The van der Waals surface area contributed by atoms with E-state index in [9.17, 15) is 9.59 Å². The predicted molar refractivity (Wildman–Crippen MR) is 123 cm³/mol. The van der Waals surface area contributed by atoms with Gasteiger partial charge in [0.1, 0.15) is 16.9 Å². The average Bonchev–Trinajstić information content (AvgIpc) is 3.20. The minimum atomic E-state index is -0.260. The summed E-state index contributed by atoms with van der Waals surface area (Å²) in [4.78, 5) is 26.4. The van der Waals surface area contributed by atoms with Crippen molar-refractivity contribution in [2.45, 2.75) is 5.37 Å². The molecule has 31 heavy (non-hydrogen) atoms. The first kappa shape index (κ1) is 20.8. The highest BCUT2D eigenvalue weighted by atomic mass is 32.2. The summed E-state index contributed by atoms with van der Waals surface area (Å²) in [6.45, 7) is -0.115. The molecule has 1 aliphatic heterocycles. The van der Waals surface area contributed by atoms with Crippen LogP contribution in [0, 0.1) is 0 Å². The lowest BCUT2D eigenvalue weighted by molar-refractivity contribution is -0.118. The second-order valence-corrected chi connectivity index (χ2v) is 7.97. The van der Waals surface area contributed by atoms with E-state index in [1.807, 2.05) is 42.5 Å². The van der Waals surface area contributed by atoms with Crippen LogP contribution in [0.1, 0.15) is 10.9 Å². The molecule has 1 atom stereocenters. The van der Waals surface area contributed by atoms with Crippen LogP contribution in [0.15, 0.2) is 78.9 Å². The Balaban J connectivity index is 1.36. The van der Waals surface area contributed by atoms with Crippen molar-refractivity contribution >= 4 is 35.0 Å². The van der Waals surface area contributed by atoms with E-state index in [0.29, 0.717) is 17.2 Å². The van der Waals surface area contributed by atoms with Gasteiger partial charge in [-0.05, 0) is 54.1 Å². The lowest BCUT2D eigenvalue weighted by atomic mass is 10.2. The summed E-state index contributed by atoms with van der Waals surface area (Å²) in [5.74, 6) is 1.54. The first-order chi connectivity index (χ1) is 15.1. The molecule has 4 rings (SSSR count). The molecule has 3 aromatic rings. The second kappa shape index (κ2) is 9.57. The van der Waals surface area contributed by atoms with Crippen LogP contribution in [0.25, 0.3) is 0 Å². The summed E-state index contributed by atoms with van der Waals surface area (Å²) in [5, 5.41) is 2.73. The van der Waals surface area contributed by atoms with Crippen LogP contribution >= 0.6 is 11.8 Å². The van der Waals surface area contributed by atoms with E-state index in [4.69, 9.17) is 9.47 Å². The molecule has 0 aliphatic carbocycles. The fraction of sp³-hybridized carbons (Fsp3) is 0.167. The minimum absolute atomic E-state index is 0.0456. The monoisotopic (exact) mass is 434 g/mol. The van der Waals surface area contributed by atoms with Crippen molar-refractivity contribution in [1.82, 2.24) is 0 Å². The van der Waals surface area contributed by atoms with Crippen molar-refractivity contribution in [2.75, 3.05) is 29.7 Å². The lowest BCUT2D eigenvalue weighted by Crippen LogP contribution is -2.27. The van der Waals surface area contributed by atoms with Crippen molar-refractivity contribution in [1.29, 1.82) is 0 Å². The zero-order chi connectivity index (χ0) is 21.6. The van der Waals surface area contributed by atoms with Crippen LogP contribution in [0.4, 0.5) is 11.4 Å². The van der Waals surface area contributed by atoms with Crippen LogP contribution < -0.4 is 19.7 Å². The van der Waals surface area contributed by atoms with Crippen molar-refractivity contribution < 1.29 is 19.1 Å². The topological polar surface area (TPSA) is 67.9 Å². The fourth-order valence-corrected chi connectivity index (χ4v) is 4.47. The van der Waals surface area contributed by atoms with Gasteiger partial charge in [-0.25, -0.2) is 0 Å². The van der Waals surface area contributed by atoms with E-state index in [-0.39, 0.29) is 23.8 Å². The van der Waals surface area contributed by atoms with Gasteiger partial charge in [-0.3, -0.25) is 14.5 Å². The Morgan fingerprint density at radius 1 is 1.00 bits per heavy atom. The molecular weight excluding hydrogens is 412 g/mol. The van der Waals surface area contributed by atoms with Gasteiger partial charge in [-0.2, -0.15) is 0 Å². The summed E-state index contributed by atoms with van der Waals surface area (Å²) < 4.78 is 10.7. The number of ether oxygens (including phenoxy) is 2. The molecule has 3 aromatic carbocycles. The van der Waals surface area contributed by atoms with Crippen molar-refractivity contribution in [3.63, 3.8) is 0 Å². The molecule has 0 bridgehead atoms. The third-order valence-corrected chi connectivity index (χ3v) is 6.02. The molecule has 1 fully saturated rings. The Hall–Kier alpha value is -3.45. The van der Waals surface area contributed by atoms with E-state index in [0.717, 1.165) is 17.0 Å². The Labute approximate surface area is 185 Å². The Kier molecular flexibility index (Phi) is 6.43. The number of benzene rings is 3. The predicted octanol–water partition coefficient (Wildman–Crippen LogP) is 4.49. The first-order valence-corrected chi connectivity index (χ1v) is 10.8. The van der Waals surface area contributed by atoms with Crippen molar-refractivity contribution in [3.05, 3.63) is 84.4 Å². The smallest absolute Gasteiger partial charge is 0.262 e. The van der Waals surface area contributed by atoms with Crippen LogP contribution in [0.5, 0.6) is 11.5 Å². The quantitative estimate of drug-likeness (QED) is 0.593. The van der Waals surface area contributed by atoms with E-state index in [1.165, 1.54) is 0 Å². The maximum atomic E-state index is 12.5. The number of carbonyl (C=O) groups excluding carboxylic acids is 2. The number of anilines is 2. The lowest BCUT2D eigenvalue weighted by Gasteiger charge is -2.24. The molecule has 1 N–H and O–H groups in total. The maximum absolute atomic E-state index is 12.5. The molecule has 0 saturated carbocycles. The Morgan fingerprint density at radius 2 is 1.68 bits per heavy atom. The van der Waals surface area contributed by atoms with Gasteiger partial charge >= 0.3 is 0 Å². The number of nitrogens with zero attached hydrogens (tertiary/aromatic N) is 1. The molecule has 7 heteroatoms. The molecule has 1 unspecified atom stereocenters. The van der Waals surface area contributed by atoms with E-state index in [2.05, 4.69) is 5.32 Å². The van der Waals surface area contributed by atoms with Gasteiger partial charge in [0.05, 0.1) is 12.9 Å². The Bertz CT molecular complexity index is 1040. The van der Waals surface area contributed by atoms with Gasteiger partial charge in [0.2, 0.25) is 5.91 Å². The molecule has 1 aliphatic rings. The number of methoxy groups -OCH3 is 1. The number of carbonyl (C=O) groups is 2. The molecule has 158 valence electrons. The highest BCUT2D eigenvalue weighted by Crippen LogP contribution is 2.41. The molecule has 2 amide bonds. The second-order valence-electron chi connectivity index (χ2n) is 6.90. The number of amides is 2. The first-order valence-electron chi connectivity index (χ1n) is 9.79. The van der Waals surface area contributed by atoms with Crippen LogP contribution in [0.3, 0.4) is 0 Å². The van der Waals surface area contributed by atoms with Gasteiger partial charge in [0.25, 0.3) is 5.91 Å². The highest BCUT2D eigenvalue weighted by molar-refractivity contribution is 8.00. The van der Waals surface area contributed by atoms with Gasteiger partial charge < -0.3 is 14.8 Å². The number of thioether (sulfide) groups is 1. The van der Waals surface area contributed by atoms with E-state index >= 15 is 0 Å². The number of hydrogen-bond acceptors (Lipinski definition) is 5. The molecular formula is C24H22N2O4S. The van der Waals surface area contributed by atoms with Gasteiger partial charge in [0, 0.05) is 11.4 Å². The summed E-state index contributed by atoms with van der Waals surface area (Å²) in [5.41, 5.74) is 2.56. The van der Waals surface area contributed by atoms with Crippen LogP contribution in [0.2, 0.25) is 0 Å². The third-order valence-electron chi connectivity index (χ3n) is 4.81. The Morgan fingerprint density at radius 3 is 2.35 bits per heavy atom. The standard InChI is InChI=1S/C24H22N2O4S/c1-29-20-11-7-18(8-12-20)25-22(27)15-30-21-13-9-19(10-14-21)26-23(28)16-31-24(26)17-5-3-2-4-6-17/h2-14,24H,15-16H2,1H3,(H,25,27). The SMILES string of the molecule is COc1ccc(NC(=O)COc2ccc(N3C(=O)CSC3c3ccccc3)cc2)cc1. The molecule has 0 radical (unpaired) electrons. The highest BCUT2D eigenvalue weighted by Gasteiger charge is 2.33. The van der Waals surface area contributed by atoms with Gasteiger partial charge in [0.15, 0.2) is 6.61 Å². The van der Waals surface area contributed by atoms with Gasteiger partial charge in [-0.15, -0.1) is 11.8 Å². The molecule has 6 nitrogen and oxygen atoms in total. The zero-order valence-corrected chi connectivity index (χ0v) is 17.8. The molecule has 1 heterocycles. The van der Waals surface area contributed by atoms with Crippen molar-refractivity contribution in [2.24, 2.45) is 0 Å². The van der Waals surface area contributed by atoms with Crippen LogP contribution in [-0.4, -0.2) is 31.3 Å². The number of nitrogens with one attached hydrogen (secondary N) is 1. The average molecular weight is 435 g/mol. The zero-order valence-electron chi connectivity index (χ0n) is 17.0. The molecule has 1 saturated heterocycles. The van der Waals surface area contributed by atoms with Crippen molar-refractivity contribution in [3.8, 4) is 11.5 Å².